The van der Waals surface area contributed by atoms with Gasteiger partial charge in [0.1, 0.15) is 0 Å². The zero-order valence-electron chi connectivity index (χ0n) is 13.4. The molecule has 1 N–H and O–H groups in total. The molecule has 0 heterocycles. The predicted molar refractivity (Wildman–Crippen MR) is 88.3 cm³/mol. The largest absolute Gasteiger partial charge is 0.393 e. The highest BCUT2D eigenvalue weighted by Crippen LogP contribution is 2.52. The highest BCUT2D eigenvalue weighted by Gasteiger charge is 2.46. The van der Waals surface area contributed by atoms with Crippen LogP contribution in [-0.4, -0.2) is 11.2 Å². The van der Waals surface area contributed by atoms with E-state index in [0.717, 1.165) is 5.92 Å². The molecule has 0 spiro atoms. The van der Waals surface area contributed by atoms with Gasteiger partial charge in [-0.3, -0.25) is 0 Å². The third-order valence-corrected chi connectivity index (χ3v) is 5.85. The van der Waals surface area contributed by atoms with Crippen LogP contribution in [0.4, 0.5) is 0 Å². The normalized spacial score (nSPS) is 33.6. The Kier molecular flexibility index (Phi) is 5.00. The summed E-state index contributed by atoms with van der Waals surface area (Å²) in [5.41, 5.74) is 1.43. The van der Waals surface area contributed by atoms with Gasteiger partial charge in [0, 0.05) is 0 Å². The molecule has 116 valence electrons. The van der Waals surface area contributed by atoms with E-state index in [1.54, 1.807) is 0 Å². The summed E-state index contributed by atoms with van der Waals surface area (Å²) < 4.78 is 0. The maximum atomic E-state index is 10.7. The van der Waals surface area contributed by atoms with Crippen LogP contribution in [0.5, 0.6) is 0 Å². The summed E-state index contributed by atoms with van der Waals surface area (Å²) in [6.45, 7) is 2.28. The third kappa shape index (κ3) is 3.69. The Balaban J connectivity index is 1.46. The molecule has 1 aromatic rings. The Bertz CT molecular complexity index is 419. The number of benzene rings is 1. The Morgan fingerprint density at radius 3 is 2.48 bits per heavy atom. The van der Waals surface area contributed by atoms with Crippen LogP contribution in [0.3, 0.4) is 0 Å². The number of hydrogen-bond acceptors (Lipinski definition) is 1. The molecule has 0 saturated heterocycles. The van der Waals surface area contributed by atoms with Gasteiger partial charge < -0.3 is 5.11 Å². The smallest absolute Gasteiger partial charge is 0.0602 e. The quantitative estimate of drug-likeness (QED) is 0.767. The summed E-state index contributed by atoms with van der Waals surface area (Å²) in [6, 6.07) is 10.8. The van der Waals surface area contributed by atoms with Crippen LogP contribution in [0.1, 0.15) is 69.8 Å². The molecule has 1 nitrogen and oxygen atoms in total. The average Bonchev–Trinajstić information content (AvgIpc) is 3.34. The predicted octanol–water partition coefficient (Wildman–Crippen LogP) is 5.15. The lowest BCUT2D eigenvalue weighted by Gasteiger charge is -2.32. The van der Waals surface area contributed by atoms with Crippen LogP contribution in [0.15, 0.2) is 30.3 Å². The Morgan fingerprint density at radius 2 is 1.81 bits per heavy atom. The van der Waals surface area contributed by atoms with Crippen molar-refractivity contribution in [2.24, 2.45) is 17.8 Å². The number of unbranched alkanes of at least 4 members (excludes halogenated alkanes) is 1. The van der Waals surface area contributed by atoms with Crippen molar-refractivity contribution in [2.75, 3.05) is 0 Å². The molecule has 2 fully saturated rings. The first-order chi connectivity index (χ1) is 10.3. The molecule has 0 radical (unpaired) electrons. The van der Waals surface area contributed by atoms with Crippen LogP contribution < -0.4 is 0 Å². The van der Waals surface area contributed by atoms with Crippen LogP contribution in [-0.2, 0) is 0 Å². The first-order valence-electron chi connectivity index (χ1n) is 9.02. The Labute approximate surface area is 129 Å². The topological polar surface area (TPSA) is 20.2 Å². The van der Waals surface area contributed by atoms with Gasteiger partial charge in [-0.1, -0.05) is 69.4 Å². The molecule has 3 rings (SSSR count). The van der Waals surface area contributed by atoms with Crippen molar-refractivity contribution in [3.8, 4) is 0 Å². The highest BCUT2D eigenvalue weighted by atomic mass is 16.3. The lowest BCUT2D eigenvalue weighted by molar-refractivity contribution is 0.0536. The summed E-state index contributed by atoms with van der Waals surface area (Å²) in [4.78, 5) is 0. The van der Waals surface area contributed by atoms with Crippen molar-refractivity contribution >= 4 is 0 Å². The van der Waals surface area contributed by atoms with E-state index < -0.39 is 0 Å². The number of aliphatic hydroxyl groups is 1. The molecule has 0 bridgehead atoms. The standard InChI is InChI=1S/C20H30O/c1-2-3-7-15-10-12-17(13-11-15)20(21)19-14-18(19)16-8-5-4-6-9-16/h4-6,8-9,15,17-21H,2-3,7,10-14H2,1H3. The Morgan fingerprint density at radius 1 is 1.10 bits per heavy atom. The van der Waals surface area contributed by atoms with Crippen LogP contribution in [0, 0.1) is 17.8 Å². The van der Waals surface area contributed by atoms with Gasteiger partial charge in [0.2, 0.25) is 0 Å². The van der Waals surface area contributed by atoms with E-state index in [1.165, 1.54) is 56.9 Å². The molecule has 0 amide bonds. The fraction of sp³-hybridized carbons (Fsp3) is 0.700. The van der Waals surface area contributed by atoms with Gasteiger partial charge in [0.05, 0.1) is 6.10 Å². The average molecular weight is 286 g/mol. The van der Waals surface area contributed by atoms with Gasteiger partial charge in [-0.15, -0.1) is 0 Å². The Hall–Kier alpha value is -0.820. The van der Waals surface area contributed by atoms with Gasteiger partial charge in [-0.25, -0.2) is 0 Å². The minimum absolute atomic E-state index is 0.0534. The maximum Gasteiger partial charge on any atom is 0.0602 e. The lowest BCUT2D eigenvalue weighted by Crippen LogP contribution is -2.27. The summed E-state index contributed by atoms with van der Waals surface area (Å²) >= 11 is 0. The SMILES string of the molecule is CCCCC1CCC(C(O)C2CC2c2ccccc2)CC1. The van der Waals surface area contributed by atoms with Crippen molar-refractivity contribution in [1.29, 1.82) is 0 Å². The third-order valence-electron chi connectivity index (χ3n) is 5.85. The lowest BCUT2D eigenvalue weighted by atomic mass is 9.76. The molecule has 1 aromatic carbocycles. The fourth-order valence-electron chi connectivity index (χ4n) is 4.34. The minimum Gasteiger partial charge on any atom is -0.393 e. The zero-order valence-corrected chi connectivity index (χ0v) is 13.4. The molecule has 2 aliphatic carbocycles. The summed E-state index contributed by atoms with van der Waals surface area (Å²) in [5.74, 6) is 2.67. The van der Waals surface area contributed by atoms with E-state index in [9.17, 15) is 5.11 Å². The van der Waals surface area contributed by atoms with E-state index in [0.29, 0.717) is 17.8 Å². The molecule has 2 saturated carbocycles. The molecule has 1 heteroatoms. The van der Waals surface area contributed by atoms with Crippen LogP contribution in [0.25, 0.3) is 0 Å². The molecular weight excluding hydrogens is 256 g/mol. The molecule has 0 aliphatic heterocycles. The van der Waals surface area contributed by atoms with Crippen molar-refractivity contribution in [3.05, 3.63) is 35.9 Å². The molecular formula is C20H30O. The summed E-state index contributed by atoms with van der Waals surface area (Å²) in [5, 5.41) is 10.7. The summed E-state index contributed by atoms with van der Waals surface area (Å²) in [6.07, 6.45) is 10.5. The number of hydrogen-bond donors (Lipinski definition) is 1. The van der Waals surface area contributed by atoms with Gasteiger partial charge in [-0.2, -0.15) is 0 Å². The molecule has 0 aromatic heterocycles. The summed E-state index contributed by atoms with van der Waals surface area (Å²) in [7, 11) is 0. The molecule has 3 atom stereocenters. The van der Waals surface area contributed by atoms with Gasteiger partial charge in [-0.05, 0) is 48.5 Å². The van der Waals surface area contributed by atoms with Crippen molar-refractivity contribution in [3.63, 3.8) is 0 Å². The number of aliphatic hydroxyl groups excluding tert-OH is 1. The van der Waals surface area contributed by atoms with Crippen molar-refractivity contribution < 1.29 is 5.11 Å². The second-order valence-electron chi connectivity index (χ2n) is 7.33. The second-order valence-corrected chi connectivity index (χ2v) is 7.33. The minimum atomic E-state index is -0.0534. The van der Waals surface area contributed by atoms with Crippen molar-refractivity contribution in [1.82, 2.24) is 0 Å². The van der Waals surface area contributed by atoms with E-state index >= 15 is 0 Å². The van der Waals surface area contributed by atoms with E-state index in [4.69, 9.17) is 0 Å². The second kappa shape index (κ2) is 6.96. The van der Waals surface area contributed by atoms with Gasteiger partial charge in [0.15, 0.2) is 0 Å². The zero-order chi connectivity index (χ0) is 14.7. The highest BCUT2D eigenvalue weighted by molar-refractivity contribution is 5.26. The van der Waals surface area contributed by atoms with Crippen LogP contribution >= 0.6 is 0 Å². The van der Waals surface area contributed by atoms with Gasteiger partial charge in [0.25, 0.3) is 0 Å². The first-order valence-corrected chi connectivity index (χ1v) is 9.02. The van der Waals surface area contributed by atoms with Gasteiger partial charge >= 0.3 is 0 Å². The molecule has 21 heavy (non-hydrogen) atoms. The number of rotatable bonds is 6. The first kappa shape index (κ1) is 15.1. The van der Waals surface area contributed by atoms with E-state index in [1.807, 2.05) is 0 Å². The van der Waals surface area contributed by atoms with E-state index in [-0.39, 0.29) is 6.10 Å². The van der Waals surface area contributed by atoms with E-state index in [2.05, 4.69) is 37.3 Å². The monoisotopic (exact) mass is 286 g/mol. The maximum absolute atomic E-state index is 10.7. The van der Waals surface area contributed by atoms with Crippen LogP contribution in [0.2, 0.25) is 0 Å². The van der Waals surface area contributed by atoms with Crippen molar-refractivity contribution in [2.45, 2.75) is 70.3 Å². The molecule has 3 unspecified atom stereocenters. The molecule has 2 aliphatic rings. The fourth-order valence-corrected chi connectivity index (χ4v) is 4.34.